The van der Waals surface area contributed by atoms with Crippen LogP contribution in [0.5, 0.6) is 17.2 Å². The van der Waals surface area contributed by atoms with Crippen molar-refractivity contribution in [2.24, 2.45) is 5.92 Å². The Labute approximate surface area is 262 Å². The predicted molar refractivity (Wildman–Crippen MR) is 168 cm³/mol. The van der Waals surface area contributed by atoms with Gasteiger partial charge in [0.2, 0.25) is 11.8 Å². The number of tetrazole rings is 1. The summed E-state index contributed by atoms with van der Waals surface area (Å²) in [5, 5.41) is 23.6. The molecule has 3 aromatic carbocycles. The van der Waals surface area contributed by atoms with E-state index in [1.54, 1.807) is 23.1 Å². The van der Waals surface area contributed by atoms with Crippen LogP contribution in [0.25, 0.3) is 0 Å². The summed E-state index contributed by atoms with van der Waals surface area (Å²) in [6.45, 7) is 5.44. The largest absolute Gasteiger partial charge is 0.488 e. The minimum atomic E-state index is -0.351. The third-order valence-corrected chi connectivity index (χ3v) is 7.74. The van der Waals surface area contributed by atoms with Crippen LogP contribution in [0, 0.1) is 5.92 Å². The minimum absolute atomic E-state index is 0.0336. The lowest BCUT2D eigenvalue weighted by Gasteiger charge is -2.34. The molecule has 0 fully saturated rings. The molecule has 1 aromatic heterocycles. The van der Waals surface area contributed by atoms with Crippen molar-refractivity contribution in [3.05, 3.63) is 90.3 Å². The molecule has 0 bridgehead atoms. The fourth-order valence-electron chi connectivity index (χ4n) is 5.30. The smallest absolute Gasteiger partial charge is 0.246 e. The van der Waals surface area contributed by atoms with E-state index in [4.69, 9.17) is 9.47 Å². The average Bonchev–Trinajstić information content (AvgIpc) is 3.55. The summed E-state index contributed by atoms with van der Waals surface area (Å²) in [7, 11) is 2.04. The summed E-state index contributed by atoms with van der Waals surface area (Å²) in [4.78, 5) is 30.0. The highest BCUT2D eigenvalue weighted by Gasteiger charge is 2.31. The number of likely N-dealkylation sites (N-methyl/N-ethyl adjacent to an activating group) is 1. The molecule has 12 heteroatoms. The van der Waals surface area contributed by atoms with Crippen LogP contribution in [0.4, 0.5) is 5.69 Å². The molecule has 5 rings (SSSR count). The average molecular weight is 614 g/mol. The number of hydrogen-bond donors (Lipinski definition) is 2. The van der Waals surface area contributed by atoms with Gasteiger partial charge < -0.3 is 24.8 Å². The highest BCUT2D eigenvalue weighted by Crippen LogP contribution is 2.29. The van der Waals surface area contributed by atoms with E-state index < -0.39 is 0 Å². The first-order chi connectivity index (χ1) is 21.8. The minimum Gasteiger partial charge on any atom is -0.488 e. The summed E-state index contributed by atoms with van der Waals surface area (Å²) < 4.78 is 13.9. The molecule has 0 aliphatic carbocycles. The number of fused-ring (bicyclic) bond motifs is 1. The van der Waals surface area contributed by atoms with Gasteiger partial charge in [-0.2, -0.15) is 0 Å². The molecule has 236 valence electrons. The van der Waals surface area contributed by atoms with E-state index in [0.717, 1.165) is 17.1 Å². The first-order valence-electron chi connectivity index (χ1n) is 15.0. The van der Waals surface area contributed by atoms with Crippen molar-refractivity contribution < 1.29 is 24.2 Å². The van der Waals surface area contributed by atoms with Crippen LogP contribution >= 0.6 is 0 Å². The van der Waals surface area contributed by atoms with Gasteiger partial charge in [0.15, 0.2) is 0 Å². The molecule has 45 heavy (non-hydrogen) atoms. The lowest BCUT2D eigenvalue weighted by molar-refractivity contribution is -0.134. The predicted octanol–water partition coefficient (Wildman–Crippen LogP) is 3.39. The maximum atomic E-state index is 13.5. The summed E-state index contributed by atoms with van der Waals surface area (Å²) in [6, 6.07) is 22.7. The molecule has 2 heterocycles. The van der Waals surface area contributed by atoms with Gasteiger partial charge >= 0.3 is 0 Å². The van der Waals surface area contributed by atoms with Crippen molar-refractivity contribution in [3.8, 4) is 17.2 Å². The Morgan fingerprint density at radius 2 is 1.89 bits per heavy atom. The zero-order chi connectivity index (χ0) is 31.8. The van der Waals surface area contributed by atoms with E-state index in [-0.39, 0.29) is 49.5 Å². The molecular weight excluding hydrogens is 574 g/mol. The number of hydrogen-bond acceptors (Lipinski definition) is 9. The van der Waals surface area contributed by atoms with E-state index in [1.165, 1.54) is 11.0 Å². The van der Waals surface area contributed by atoms with Crippen molar-refractivity contribution in [1.29, 1.82) is 0 Å². The van der Waals surface area contributed by atoms with Crippen LogP contribution in [-0.4, -0.2) is 85.8 Å². The summed E-state index contributed by atoms with van der Waals surface area (Å²) in [6.07, 6.45) is 1.18. The Hall–Kier alpha value is -4.81. The molecule has 2 N–H and O–H groups in total. The number of nitrogens with zero attached hydrogens (tertiary/aromatic N) is 6. The van der Waals surface area contributed by atoms with Crippen molar-refractivity contribution in [2.75, 3.05) is 32.1 Å². The molecule has 12 nitrogen and oxygen atoms in total. The van der Waals surface area contributed by atoms with Crippen LogP contribution in [0.15, 0.2) is 79.1 Å². The van der Waals surface area contributed by atoms with Crippen LogP contribution in [0.1, 0.15) is 25.0 Å². The Kier molecular flexibility index (Phi) is 10.4. The van der Waals surface area contributed by atoms with Crippen LogP contribution < -0.4 is 14.8 Å². The number of carbonyl (C=O) groups excluding carboxylic acids is 2. The van der Waals surface area contributed by atoms with Crippen LogP contribution in [-0.2, 0) is 29.1 Å². The number of rotatable bonds is 11. The molecule has 0 saturated carbocycles. The normalized spacial score (nSPS) is 17.4. The molecule has 4 aromatic rings. The number of aliphatic hydroxyl groups is 1. The first kappa shape index (κ1) is 31.6. The molecule has 1 aliphatic heterocycles. The number of ether oxygens (including phenoxy) is 2. The quantitative estimate of drug-likeness (QED) is 0.261. The van der Waals surface area contributed by atoms with E-state index in [0.29, 0.717) is 36.6 Å². The van der Waals surface area contributed by atoms with E-state index >= 15 is 0 Å². The number of aromatic nitrogens is 4. The Morgan fingerprint density at radius 1 is 1.13 bits per heavy atom. The van der Waals surface area contributed by atoms with Gasteiger partial charge in [-0.1, -0.05) is 37.3 Å². The van der Waals surface area contributed by atoms with Gasteiger partial charge in [0.1, 0.15) is 36.2 Å². The molecule has 0 saturated heterocycles. The number of anilines is 1. The van der Waals surface area contributed by atoms with Crippen LogP contribution in [0.2, 0.25) is 0 Å². The molecule has 0 spiro atoms. The number of para-hydroxylation sites is 1. The van der Waals surface area contributed by atoms with Gasteiger partial charge in [0, 0.05) is 36.8 Å². The number of amides is 2. The van der Waals surface area contributed by atoms with Crippen molar-refractivity contribution in [3.63, 3.8) is 0 Å². The molecule has 3 atom stereocenters. The summed E-state index contributed by atoms with van der Waals surface area (Å²) in [5.41, 5.74) is 2.32. The van der Waals surface area contributed by atoms with E-state index in [2.05, 4.69) is 44.8 Å². The maximum Gasteiger partial charge on any atom is 0.246 e. The summed E-state index contributed by atoms with van der Waals surface area (Å²) >= 11 is 0. The monoisotopic (exact) mass is 613 g/mol. The van der Waals surface area contributed by atoms with Gasteiger partial charge in [0.05, 0.1) is 19.1 Å². The van der Waals surface area contributed by atoms with E-state index in [9.17, 15) is 14.7 Å². The third kappa shape index (κ3) is 8.64. The second-order valence-electron chi connectivity index (χ2n) is 11.5. The molecular formula is C33H39N7O5. The van der Waals surface area contributed by atoms with E-state index in [1.807, 2.05) is 56.4 Å². The lowest BCUT2D eigenvalue weighted by Crippen LogP contribution is -2.47. The van der Waals surface area contributed by atoms with Crippen LogP contribution in [0.3, 0.4) is 0 Å². The molecule has 2 amide bonds. The topological polar surface area (TPSA) is 135 Å². The lowest BCUT2D eigenvalue weighted by atomic mass is 10.0. The SMILES string of the molecule is C[C@H]1CN([C@@H](C)CO)C(=O)Cc2cc(NC(=O)Cn3cnnn3)ccc2O[C@H]1CN(C)Cc1ccc(Oc2ccccc2)cc1. The second-order valence-corrected chi connectivity index (χ2v) is 11.5. The van der Waals surface area contributed by atoms with Gasteiger partial charge in [-0.15, -0.1) is 5.10 Å². The highest BCUT2D eigenvalue weighted by molar-refractivity contribution is 5.91. The standard InChI is InChI=1S/C33H39N7O5/c1-23-17-40(24(2)21-41)33(43)16-26-15-27(35-32(42)20-39-22-34-36-37-39)11-14-30(26)45-31(23)19-38(3)18-25-9-12-29(13-10-25)44-28-7-5-4-6-8-28/h4-15,22-24,31,41H,16-21H2,1-3H3,(H,35,42)/t23-,24-,31-/m0/s1. The summed E-state index contributed by atoms with van der Waals surface area (Å²) in [5.74, 6) is 1.70. The van der Waals surface area contributed by atoms with Gasteiger partial charge in [-0.3, -0.25) is 14.5 Å². The van der Waals surface area contributed by atoms with Crippen molar-refractivity contribution in [2.45, 2.75) is 45.5 Å². The van der Waals surface area contributed by atoms with Crippen molar-refractivity contribution in [1.82, 2.24) is 30.0 Å². The first-order valence-corrected chi connectivity index (χ1v) is 15.0. The Morgan fingerprint density at radius 3 is 2.60 bits per heavy atom. The fraction of sp³-hybridized carbons (Fsp3) is 0.364. The number of aliphatic hydroxyl groups excluding tert-OH is 1. The van der Waals surface area contributed by atoms with Gasteiger partial charge in [-0.25, -0.2) is 4.68 Å². The third-order valence-electron chi connectivity index (χ3n) is 7.74. The van der Waals surface area contributed by atoms with Gasteiger partial charge in [-0.05, 0) is 72.4 Å². The zero-order valence-corrected chi connectivity index (χ0v) is 25.7. The number of carbonyl (C=O) groups is 2. The van der Waals surface area contributed by atoms with Gasteiger partial charge in [0.25, 0.3) is 0 Å². The fourth-order valence-corrected chi connectivity index (χ4v) is 5.30. The molecule has 0 radical (unpaired) electrons. The molecule has 0 unspecified atom stereocenters. The Balaban J connectivity index is 1.30. The maximum absolute atomic E-state index is 13.5. The Bertz CT molecular complexity index is 1550. The number of nitrogens with one attached hydrogen (secondary N) is 1. The highest BCUT2D eigenvalue weighted by atomic mass is 16.5. The second kappa shape index (κ2) is 14.8. The number of benzene rings is 3. The zero-order valence-electron chi connectivity index (χ0n) is 25.7. The molecule has 1 aliphatic rings. The van der Waals surface area contributed by atoms with Crippen molar-refractivity contribution >= 4 is 17.5 Å².